The summed E-state index contributed by atoms with van der Waals surface area (Å²) in [5, 5.41) is 0. The van der Waals surface area contributed by atoms with Crippen LogP contribution < -0.4 is 0 Å². The highest BCUT2D eigenvalue weighted by Crippen LogP contribution is 2.59. The molecule has 100 heavy (non-hydrogen) atoms. The minimum atomic E-state index is -0.149. The first-order valence-electron chi connectivity index (χ1n) is 35.2. The summed E-state index contributed by atoms with van der Waals surface area (Å²) >= 11 is 21.9. The van der Waals surface area contributed by atoms with E-state index in [2.05, 4.69) is 144 Å². The Morgan fingerprint density at radius 3 is 1.17 bits per heavy atom. The minimum absolute atomic E-state index is 0.0298. The lowest BCUT2D eigenvalue weighted by Gasteiger charge is -2.24. The number of amides is 4. The Hall–Kier alpha value is -5.20. The largest absolute Gasteiger partial charge is 0.309 e. The van der Waals surface area contributed by atoms with E-state index in [1.165, 1.54) is 130 Å². The number of fused-ring (bicyclic) bond motifs is 12. The van der Waals surface area contributed by atoms with Gasteiger partial charge in [-0.25, -0.2) is 0 Å². The molecule has 0 aliphatic carbocycles. The van der Waals surface area contributed by atoms with Crippen LogP contribution in [-0.2, 0) is 30.0 Å². The summed E-state index contributed by atoms with van der Waals surface area (Å²) in [7, 11) is 3.63. The number of nitrogens with zero attached hydrogens (tertiary/aromatic N) is 4. The van der Waals surface area contributed by atoms with E-state index in [9.17, 15) is 9.59 Å². The van der Waals surface area contributed by atoms with Crippen LogP contribution in [0.3, 0.4) is 0 Å². The van der Waals surface area contributed by atoms with Crippen LogP contribution in [0, 0.1) is 25.7 Å². The first-order valence-corrected chi connectivity index (χ1v) is 45.0. The minimum Gasteiger partial charge on any atom is -0.309 e. The van der Waals surface area contributed by atoms with Crippen LogP contribution in [0.2, 0.25) is 0 Å². The van der Waals surface area contributed by atoms with Gasteiger partial charge in [-0.2, -0.15) is 0 Å². The Morgan fingerprint density at radius 2 is 0.700 bits per heavy atom. The van der Waals surface area contributed by atoms with Crippen molar-refractivity contribution in [3.05, 3.63) is 123 Å². The molecule has 0 atom stereocenters. The standard InChI is InChI=1S/C80H82N4O4S12/c1-39(2)25-21-17-15-19-23-35-83-61(57-58(78(83)88)62(47-33-34-53(92-47)79(7,8)9)84(77(57)87)36-24-20-16-18-22-26-40(3)4)46-30-32-49(91-46)64-42(6)65-69(98-64)73-71(99-65)67-51(94-73)37-50(93-67)43-27-28-44(89-43)59-55-56(76(86)81(59)13)60(82(14)75(55)85)45-29-31-48(90-45)63-41(5)66-70(97-63)74-72(100-66)68-52(95-74)38-54(96-68)80(10,11)12/h27-34,37-40H,15-26,35-36H2,1-14H3. The molecule has 0 unspecified atom stereocenters. The molecule has 0 fully saturated rings. The van der Waals surface area contributed by atoms with Gasteiger partial charge in [-0.05, 0) is 121 Å². The predicted molar refractivity (Wildman–Crippen MR) is 444 cm³/mol. The van der Waals surface area contributed by atoms with Crippen molar-refractivity contribution in [1.82, 2.24) is 19.6 Å². The molecule has 16 rings (SSSR count). The summed E-state index contributed by atoms with van der Waals surface area (Å²) in [6.07, 6.45) is 13.6. The van der Waals surface area contributed by atoms with Crippen molar-refractivity contribution in [1.29, 1.82) is 0 Å². The van der Waals surface area contributed by atoms with Gasteiger partial charge in [-0.3, -0.25) is 19.2 Å². The average Bonchev–Trinajstić information content (AvgIpc) is 1.57. The highest BCUT2D eigenvalue weighted by atomic mass is 32.1. The number of aryl methyl sites for hydroxylation is 2. The van der Waals surface area contributed by atoms with Crippen LogP contribution in [0.4, 0.5) is 0 Å². The maximum Gasteiger partial charge on any atom is 0.261 e. The Bertz CT molecular complexity index is 5490. The zero-order valence-corrected chi connectivity index (χ0v) is 68.9. The van der Waals surface area contributed by atoms with Crippen molar-refractivity contribution < 1.29 is 19.2 Å². The van der Waals surface area contributed by atoms with Crippen molar-refractivity contribution in [2.24, 2.45) is 11.8 Å². The number of unbranched alkanes of at least 4 members (excludes halogenated alkanes) is 8. The molecule has 4 aliphatic rings. The fourth-order valence-corrected chi connectivity index (χ4v) is 31.2. The third-order valence-corrected chi connectivity index (χ3v) is 37.1. The van der Waals surface area contributed by atoms with Gasteiger partial charge in [0.2, 0.25) is 0 Å². The SMILES string of the molecule is Cc1c(-c2ccc(C3=C4C(=O)N(CCCCCCCC(C)C)C(c5ccc(C(C)(C)C)s5)=C4C(=O)N3CCCCCCCC(C)C)s2)sc2c1sc1c3sc(-c4ccc(C5=C6C(=O)N(C)C(c7ccc(-c8sc9c(sc%10c%11sc(C(C)(C)C)cc%11sc9%10)c8C)s7)=C6C(=O)N5C)s4)cc3sc21. The molecular formula is C80H82N4O4S12. The van der Waals surface area contributed by atoms with E-state index in [0.29, 0.717) is 58.6 Å². The number of likely N-dealkylation sites (N-methyl/N-ethyl adjacent to an activating group) is 2. The number of rotatable bonds is 23. The molecule has 16 heterocycles. The molecule has 0 spiro atoms. The third kappa shape index (κ3) is 11.7. The molecule has 12 aromatic heterocycles. The first-order chi connectivity index (χ1) is 47.8. The predicted octanol–water partition coefficient (Wildman–Crippen LogP) is 26.4. The number of hydrogen-bond acceptors (Lipinski definition) is 16. The maximum absolute atomic E-state index is 15.4. The van der Waals surface area contributed by atoms with Gasteiger partial charge in [0.1, 0.15) is 0 Å². The summed E-state index contributed by atoms with van der Waals surface area (Å²) in [4.78, 5) is 80.9. The monoisotopic (exact) mass is 1550 g/mol. The summed E-state index contributed by atoms with van der Waals surface area (Å²) in [6.45, 7) is 28.5. The first kappa shape index (κ1) is 69.2. The van der Waals surface area contributed by atoms with Crippen molar-refractivity contribution in [3.8, 4) is 29.3 Å². The van der Waals surface area contributed by atoms with Crippen molar-refractivity contribution in [2.45, 2.75) is 171 Å². The number of hydrogen-bond donors (Lipinski definition) is 0. The second-order valence-corrected chi connectivity index (χ2v) is 43.0. The highest BCUT2D eigenvalue weighted by molar-refractivity contribution is 7.47. The molecule has 12 aromatic rings. The zero-order valence-electron chi connectivity index (χ0n) is 59.1. The number of carbonyl (C=O) groups excluding carboxylic acids is 4. The van der Waals surface area contributed by atoms with Crippen molar-refractivity contribution in [2.75, 3.05) is 27.2 Å². The Balaban J connectivity index is 0.679. The van der Waals surface area contributed by atoms with Gasteiger partial charge in [0, 0.05) is 75.6 Å². The van der Waals surface area contributed by atoms with Crippen LogP contribution in [0.1, 0.15) is 187 Å². The second kappa shape index (κ2) is 26.4. The van der Waals surface area contributed by atoms with Gasteiger partial charge < -0.3 is 19.6 Å². The van der Waals surface area contributed by atoms with E-state index < -0.39 is 0 Å². The normalized spacial score (nSPS) is 15.9. The third-order valence-electron chi connectivity index (χ3n) is 20.1. The fourth-order valence-electron chi connectivity index (χ4n) is 14.7. The molecule has 518 valence electrons. The fraction of sp³-hybridized carbons (Fsp3) is 0.400. The molecular weight excluding hydrogens is 1470 g/mol. The highest BCUT2D eigenvalue weighted by Gasteiger charge is 2.50. The van der Waals surface area contributed by atoms with E-state index in [-0.39, 0.29) is 34.5 Å². The zero-order chi connectivity index (χ0) is 69.9. The Kier molecular flexibility index (Phi) is 18.3. The molecule has 0 N–H and O–H groups in total. The molecule has 0 saturated carbocycles. The van der Waals surface area contributed by atoms with Crippen molar-refractivity contribution in [3.63, 3.8) is 0 Å². The van der Waals surface area contributed by atoms with Crippen LogP contribution >= 0.6 is 136 Å². The van der Waals surface area contributed by atoms with Gasteiger partial charge in [0.25, 0.3) is 23.6 Å². The molecule has 20 heteroatoms. The van der Waals surface area contributed by atoms with Crippen LogP contribution in [0.25, 0.3) is 108 Å². The lowest BCUT2D eigenvalue weighted by Crippen LogP contribution is -2.30. The molecule has 0 aromatic carbocycles. The van der Waals surface area contributed by atoms with E-state index in [1.54, 1.807) is 55.1 Å². The molecule has 4 aliphatic heterocycles. The van der Waals surface area contributed by atoms with Crippen LogP contribution in [0.15, 0.2) is 83.0 Å². The summed E-state index contributed by atoms with van der Waals surface area (Å²) < 4.78 is 16.2. The van der Waals surface area contributed by atoms with Gasteiger partial charge in [-0.1, -0.05) is 133 Å². The molecule has 8 nitrogen and oxygen atoms in total. The summed E-state index contributed by atoms with van der Waals surface area (Å²) in [5.41, 5.74) is 7.78. The van der Waals surface area contributed by atoms with E-state index in [1.807, 2.05) is 115 Å². The topological polar surface area (TPSA) is 81.2 Å². The lowest BCUT2D eigenvalue weighted by atomic mass is 9.95. The summed E-state index contributed by atoms with van der Waals surface area (Å²) in [6, 6.07) is 22.0. The lowest BCUT2D eigenvalue weighted by molar-refractivity contribution is -0.124. The van der Waals surface area contributed by atoms with Gasteiger partial charge in [0.05, 0.1) is 112 Å². The van der Waals surface area contributed by atoms with E-state index in [4.69, 9.17) is 0 Å². The second-order valence-electron chi connectivity index (χ2n) is 30.4. The molecule has 0 bridgehead atoms. The molecule has 4 amide bonds. The summed E-state index contributed by atoms with van der Waals surface area (Å²) in [5.74, 6) is 1.06. The molecule has 0 radical (unpaired) electrons. The average molecular weight is 1550 g/mol. The Morgan fingerprint density at radius 1 is 0.330 bits per heavy atom. The van der Waals surface area contributed by atoms with Gasteiger partial charge in [-0.15, -0.1) is 136 Å². The van der Waals surface area contributed by atoms with Gasteiger partial charge >= 0.3 is 0 Å². The quantitative estimate of drug-likeness (QED) is 0.0598. The number of carbonyl (C=O) groups is 4. The molecule has 0 saturated heterocycles. The van der Waals surface area contributed by atoms with E-state index >= 15 is 9.59 Å². The van der Waals surface area contributed by atoms with Crippen LogP contribution in [0.5, 0.6) is 0 Å². The van der Waals surface area contributed by atoms with E-state index in [0.717, 1.165) is 84.1 Å². The van der Waals surface area contributed by atoms with Crippen molar-refractivity contribution >= 4 is 239 Å². The van der Waals surface area contributed by atoms with Crippen LogP contribution in [-0.4, -0.2) is 70.4 Å². The maximum atomic E-state index is 15.4. The number of thiophene rings is 12. The smallest absolute Gasteiger partial charge is 0.261 e. The Labute approximate surface area is 633 Å². The van der Waals surface area contributed by atoms with Gasteiger partial charge in [0.15, 0.2) is 0 Å².